The molecule has 1 aliphatic rings. The van der Waals surface area contributed by atoms with Crippen molar-refractivity contribution < 1.29 is 27.4 Å². The van der Waals surface area contributed by atoms with Gasteiger partial charge in [0, 0.05) is 49.8 Å². The molecule has 3 aromatic heterocycles. The molecular weight excluding hydrogens is 551 g/mol. The molecule has 8 nitrogen and oxygen atoms in total. The standard InChI is InChI=1S/C24H24F4N6O2.2ClH/c25-16-10-14-2-4-18(30-21(14)19(11-16)36-9-1-8-35)23-32-31-20-5-3-15(12-34(20)23)22(24(26,27)28)33-7-6-17(29)13-33;;/h2-5,10-12,17,22,35H,1,6-9,13,29H2;2*1H/t17?,22-;;/m1../s1. The number of hydrogen-bond acceptors (Lipinski definition) is 7. The van der Waals surface area contributed by atoms with Crippen LogP contribution in [-0.2, 0) is 0 Å². The number of rotatable bonds is 7. The number of ether oxygens (including phenoxy) is 1. The minimum atomic E-state index is -4.50. The number of nitrogens with two attached hydrogens (primary N) is 1. The Morgan fingerprint density at radius 3 is 2.61 bits per heavy atom. The third-order valence-corrected chi connectivity index (χ3v) is 6.18. The van der Waals surface area contributed by atoms with E-state index in [2.05, 4.69) is 15.2 Å². The molecule has 2 atom stereocenters. The minimum Gasteiger partial charge on any atom is -0.491 e. The van der Waals surface area contributed by atoms with Crippen LogP contribution in [0.15, 0.2) is 42.6 Å². The van der Waals surface area contributed by atoms with Crippen molar-refractivity contribution in [2.75, 3.05) is 26.3 Å². The van der Waals surface area contributed by atoms with Crippen molar-refractivity contribution in [3.05, 3.63) is 54.0 Å². The lowest BCUT2D eigenvalue weighted by Gasteiger charge is -2.30. The zero-order chi connectivity index (χ0) is 25.4. The smallest absolute Gasteiger partial charge is 0.408 e. The molecule has 5 rings (SSSR count). The SMILES string of the molecule is Cl.Cl.NC1CCN([C@H](c2ccc3nnc(-c4ccc5cc(F)cc(OCCCO)c5n4)n3c2)C(F)(F)F)C1. The Morgan fingerprint density at radius 1 is 1.13 bits per heavy atom. The number of alkyl halides is 3. The lowest BCUT2D eigenvalue weighted by molar-refractivity contribution is -0.183. The number of aliphatic hydroxyl groups is 1. The van der Waals surface area contributed by atoms with Crippen LogP contribution in [0.25, 0.3) is 28.1 Å². The van der Waals surface area contributed by atoms with Crippen LogP contribution >= 0.6 is 24.8 Å². The molecule has 0 bridgehead atoms. The summed E-state index contributed by atoms with van der Waals surface area (Å²) in [7, 11) is 0. The number of fused-ring (bicyclic) bond motifs is 2. The van der Waals surface area contributed by atoms with Gasteiger partial charge in [0.15, 0.2) is 11.5 Å². The van der Waals surface area contributed by atoms with Gasteiger partial charge in [-0.1, -0.05) is 12.1 Å². The first kappa shape index (κ1) is 29.8. The monoisotopic (exact) mass is 576 g/mol. The number of halogens is 6. The van der Waals surface area contributed by atoms with Gasteiger partial charge in [-0.25, -0.2) is 9.37 Å². The van der Waals surface area contributed by atoms with E-state index in [4.69, 9.17) is 15.6 Å². The molecule has 1 unspecified atom stereocenters. The lowest BCUT2D eigenvalue weighted by atomic mass is 10.1. The normalized spacial score (nSPS) is 16.8. The van der Waals surface area contributed by atoms with E-state index in [1.165, 1.54) is 39.8 Å². The molecule has 0 amide bonds. The van der Waals surface area contributed by atoms with Crippen molar-refractivity contribution in [3.63, 3.8) is 0 Å². The van der Waals surface area contributed by atoms with Crippen molar-refractivity contribution in [1.82, 2.24) is 24.5 Å². The maximum atomic E-state index is 14.1. The summed E-state index contributed by atoms with van der Waals surface area (Å²) in [6, 6.07) is 6.51. The van der Waals surface area contributed by atoms with Gasteiger partial charge in [-0.2, -0.15) is 13.2 Å². The van der Waals surface area contributed by atoms with Crippen LogP contribution in [0.2, 0.25) is 0 Å². The molecule has 1 aliphatic heterocycles. The summed E-state index contributed by atoms with van der Waals surface area (Å²) < 4.78 is 63.5. The van der Waals surface area contributed by atoms with E-state index in [1.54, 1.807) is 12.1 Å². The van der Waals surface area contributed by atoms with Crippen molar-refractivity contribution in [3.8, 4) is 17.3 Å². The summed E-state index contributed by atoms with van der Waals surface area (Å²) in [5.41, 5.74) is 6.96. The third kappa shape index (κ3) is 5.94. The lowest BCUT2D eigenvalue weighted by Crippen LogP contribution is -2.38. The number of likely N-dealkylation sites (tertiary alicyclic amines) is 1. The molecule has 38 heavy (non-hydrogen) atoms. The first-order chi connectivity index (χ1) is 17.2. The van der Waals surface area contributed by atoms with Crippen molar-refractivity contribution in [1.29, 1.82) is 0 Å². The van der Waals surface area contributed by atoms with Gasteiger partial charge in [-0.15, -0.1) is 35.0 Å². The van der Waals surface area contributed by atoms with Crippen LogP contribution in [0, 0.1) is 5.82 Å². The number of aromatic nitrogens is 4. The summed E-state index contributed by atoms with van der Waals surface area (Å²) in [6.45, 7) is 0.485. The van der Waals surface area contributed by atoms with Crippen LogP contribution in [0.4, 0.5) is 17.6 Å². The summed E-state index contributed by atoms with van der Waals surface area (Å²) in [4.78, 5) is 5.91. The minimum absolute atomic E-state index is 0. The number of benzene rings is 1. The summed E-state index contributed by atoms with van der Waals surface area (Å²) in [6.07, 6.45) is -2.27. The predicted molar refractivity (Wildman–Crippen MR) is 138 cm³/mol. The number of nitrogens with zero attached hydrogens (tertiary/aromatic N) is 5. The highest BCUT2D eigenvalue weighted by Crippen LogP contribution is 2.39. The van der Waals surface area contributed by atoms with Gasteiger partial charge in [0.25, 0.3) is 0 Å². The Morgan fingerprint density at radius 2 is 1.92 bits per heavy atom. The van der Waals surface area contributed by atoms with Gasteiger partial charge >= 0.3 is 6.18 Å². The van der Waals surface area contributed by atoms with Crippen LogP contribution in [-0.4, -0.2) is 68.1 Å². The second-order valence-corrected chi connectivity index (χ2v) is 8.80. The van der Waals surface area contributed by atoms with Crippen LogP contribution in [0.5, 0.6) is 5.75 Å². The predicted octanol–water partition coefficient (Wildman–Crippen LogP) is 4.32. The molecule has 206 valence electrons. The second-order valence-electron chi connectivity index (χ2n) is 8.80. The summed E-state index contributed by atoms with van der Waals surface area (Å²) in [5, 5.41) is 17.7. The molecule has 1 saturated heterocycles. The molecule has 0 radical (unpaired) electrons. The average molecular weight is 577 g/mol. The van der Waals surface area contributed by atoms with Gasteiger partial charge < -0.3 is 15.6 Å². The maximum absolute atomic E-state index is 14.1. The Kier molecular flexibility index (Phi) is 9.37. The molecule has 1 aromatic carbocycles. The molecule has 1 fully saturated rings. The fraction of sp³-hybridized carbons (Fsp3) is 0.375. The topological polar surface area (TPSA) is 102 Å². The van der Waals surface area contributed by atoms with Crippen molar-refractivity contribution >= 4 is 41.4 Å². The summed E-state index contributed by atoms with van der Waals surface area (Å²) in [5.74, 6) is -0.0795. The molecule has 0 spiro atoms. The van der Waals surface area contributed by atoms with Crippen LogP contribution < -0.4 is 10.5 Å². The second kappa shape index (κ2) is 12.0. The fourth-order valence-electron chi connectivity index (χ4n) is 4.55. The number of aliphatic hydroxyl groups excluding tert-OH is 1. The third-order valence-electron chi connectivity index (χ3n) is 6.18. The maximum Gasteiger partial charge on any atom is 0.408 e. The average Bonchev–Trinajstić information content (AvgIpc) is 3.44. The summed E-state index contributed by atoms with van der Waals surface area (Å²) >= 11 is 0. The first-order valence-electron chi connectivity index (χ1n) is 11.5. The van der Waals surface area contributed by atoms with Gasteiger partial charge in [0.1, 0.15) is 28.8 Å². The van der Waals surface area contributed by atoms with Crippen LogP contribution in [0.3, 0.4) is 0 Å². The van der Waals surface area contributed by atoms with E-state index in [-0.39, 0.29) is 74.3 Å². The Balaban J connectivity index is 0.00000200. The molecule has 3 N–H and O–H groups in total. The van der Waals surface area contributed by atoms with Gasteiger partial charge in [0.2, 0.25) is 0 Å². The van der Waals surface area contributed by atoms with Crippen molar-refractivity contribution in [2.24, 2.45) is 5.73 Å². The van der Waals surface area contributed by atoms with Gasteiger partial charge in [-0.05, 0) is 30.2 Å². The largest absolute Gasteiger partial charge is 0.491 e. The number of hydrogen-bond donors (Lipinski definition) is 2. The molecule has 14 heteroatoms. The van der Waals surface area contributed by atoms with E-state index in [0.29, 0.717) is 35.1 Å². The molecule has 4 heterocycles. The van der Waals surface area contributed by atoms with E-state index < -0.39 is 18.0 Å². The highest BCUT2D eigenvalue weighted by atomic mass is 35.5. The highest BCUT2D eigenvalue weighted by Gasteiger charge is 2.46. The highest BCUT2D eigenvalue weighted by molar-refractivity contribution is 5.86. The molecule has 0 aliphatic carbocycles. The van der Waals surface area contributed by atoms with E-state index >= 15 is 0 Å². The van der Waals surface area contributed by atoms with Crippen LogP contribution in [0.1, 0.15) is 24.4 Å². The van der Waals surface area contributed by atoms with Gasteiger partial charge in [0.05, 0.1) is 6.61 Å². The Bertz CT molecular complexity index is 1400. The Hall–Kier alpha value is -2.77. The van der Waals surface area contributed by atoms with Gasteiger partial charge in [-0.3, -0.25) is 9.30 Å². The van der Waals surface area contributed by atoms with Crippen molar-refractivity contribution in [2.45, 2.75) is 31.1 Å². The zero-order valence-electron chi connectivity index (χ0n) is 19.9. The Labute approximate surface area is 227 Å². The fourth-order valence-corrected chi connectivity index (χ4v) is 4.55. The number of pyridine rings is 2. The van der Waals surface area contributed by atoms with E-state index in [9.17, 15) is 17.6 Å². The molecule has 0 saturated carbocycles. The zero-order valence-corrected chi connectivity index (χ0v) is 21.6. The molecular formula is C24H26Cl2F4N6O2. The first-order valence-corrected chi connectivity index (χ1v) is 11.5. The quantitative estimate of drug-likeness (QED) is 0.249. The van der Waals surface area contributed by atoms with E-state index in [0.717, 1.165) is 0 Å². The van der Waals surface area contributed by atoms with E-state index in [1.807, 2.05) is 0 Å². The molecule has 4 aromatic rings.